The zero-order valence-electron chi connectivity index (χ0n) is 18.5. The van der Waals surface area contributed by atoms with E-state index in [1.165, 1.54) is 5.56 Å². The largest absolute Gasteiger partial charge is 0.490 e. The SMILES string of the molecule is COCCOc1ccccc1C(=O)N1CCN(Cc2nc(-c3ccc(C)cc3)no2)CC1. The number of piperazine rings is 1. The van der Waals surface area contributed by atoms with Crippen LogP contribution < -0.4 is 4.74 Å². The van der Waals surface area contributed by atoms with E-state index < -0.39 is 0 Å². The molecule has 1 aliphatic heterocycles. The molecule has 0 unspecified atom stereocenters. The van der Waals surface area contributed by atoms with Crippen LogP contribution in [-0.2, 0) is 11.3 Å². The third-order valence-electron chi connectivity index (χ3n) is 5.46. The first-order valence-electron chi connectivity index (χ1n) is 10.8. The van der Waals surface area contributed by atoms with Crippen LogP contribution in [-0.4, -0.2) is 72.4 Å². The van der Waals surface area contributed by atoms with Crippen LogP contribution in [0.25, 0.3) is 11.4 Å². The van der Waals surface area contributed by atoms with Gasteiger partial charge in [0.25, 0.3) is 5.91 Å². The molecule has 3 aromatic rings. The first-order chi connectivity index (χ1) is 15.6. The number of carbonyl (C=O) groups is 1. The van der Waals surface area contributed by atoms with Crippen molar-refractivity contribution in [2.45, 2.75) is 13.5 Å². The monoisotopic (exact) mass is 436 g/mol. The lowest BCUT2D eigenvalue weighted by Gasteiger charge is -2.34. The number of hydrogen-bond donors (Lipinski definition) is 0. The Morgan fingerprint density at radius 2 is 1.78 bits per heavy atom. The number of para-hydroxylation sites is 1. The van der Waals surface area contributed by atoms with Crippen LogP contribution in [0.1, 0.15) is 21.8 Å². The summed E-state index contributed by atoms with van der Waals surface area (Å²) in [6.45, 7) is 6.22. The molecule has 2 heterocycles. The molecule has 1 aliphatic rings. The van der Waals surface area contributed by atoms with Gasteiger partial charge in [-0.2, -0.15) is 4.98 Å². The quantitative estimate of drug-likeness (QED) is 0.502. The number of aryl methyl sites for hydroxylation is 1. The van der Waals surface area contributed by atoms with Crippen molar-refractivity contribution < 1.29 is 18.8 Å². The van der Waals surface area contributed by atoms with Crippen LogP contribution in [0, 0.1) is 6.92 Å². The number of aromatic nitrogens is 2. The summed E-state index contributed by atoms with van der Waals surface area (Å²) >= 11 is 0. The summed E-state index contributed by atoms with van der Waals surface area (Å²) in [4.78, 5) is 21.7. The predicted molar refractivity (Wildman–Crippen MR) is 119 cm³/mol. The second-order valence-corrected chi connectivity index (χ2v) is 7.78. The van der Waals surface area contributed by atoms with E-state index in [-0.39, 0.29) is 5.91 Å². The van der Waals surface area contributed by atoms with E-state index in [2.05, 4.69) is 15.0 Å². The molecule has 0 atom stereocenters. The lowest BCUT2D eigenvalue weighted by Crippen LogP contribution is -2.48. The fraction of sp³-hybridized carbons (Fsp3) is 0.375. The summed E-state index contributed by atoms with van der Waals surface area (Å²) in [5.74, 6) is 1.75. The second kappa shape index (κ2) is 10.4. The van der Waals surface area contributed by atoms with Crippen molar-refractivity contribution in [2.75, 3.05) is 46.5 Å². The zero-order valence-corrected chi connectivity index (χ0v) is 18.5. The topological polar surface area (TPSA) is 80.9 Å². The third-order valence-corrected chi connectivity index (χ3v) is 5.46. The lowest BCUT2D eigenvalue weighted by molar-refractivity contribution is 0.0609. The fourth-order valence-electron chi connectivity index (χ4n) is 3.61. The number of hydrogen-bond acceptors (Lipinski definition) is 7. The molecule has 1 saturated heterocycles. The smallest absolute Gasteiger partial charge is 0.257 e. The minimum atomic E-state index is -0.0166. The number of benzene rings is 2. The van der Waals surface area contributed by atoms with Crippen LogP contribution in [0.15, 0.2) is 53.1 Å². The van der Waals surface area contributed by atoms with Crippen LogP contribution in [0.4, 0.5) is 0 Å². The molecule has 0 saturated carbocycles. The highest BCUT2D eigenvalue weighted by atomic mass is 16.5. The van der Waals surface area contributed by atoms with Crippen molar-refractivity contribution in [3.05, 3.63) is 65.5 Å². The van der Waals surface area contributed by atoms with Gasteiger partial charge in [0.1, 0.15) is 12.4 Å². The number of nitrogens with zero attached hydrogens (tertiary/aromatic N) is 4. The summed E-state index contributed by atoms with van der Waals surface area (Å²) < 4.78 is 16.2. The Hall–Kier alpha value is -3.23. The molecular formula is C24H28N4O4. The van der Waals surface area contributed by atoms with Crippen molar-refractivity contribution in [3.8, 4) is 17.1 Å². The average molecular weight is 437 g/mol. The molecule has 0 radical (unpaired) electrons. The Balaban J connectivity index is 1.32. The molecular weight excluding hydrogens is 408 g/mol. The minimum absolute atomic E-state index is 0.0166. The van der Waals surface area contributed by atoms with Gasteiger partial charge in [-0.25, -0.2) is 0 Å². The molecule has 8 nitrogen and oxygen atoms in total. The summed E-state index contributed by atoms with van der Waals surface area (Å²) in [5, 5.41) is 4.10. The number of rotatable bonds is 8. The summed E-state index contributed by atoms with van der Waals surface area (Å²) in [6, 6.07) is 15.4. The molecule has 8 heteroatoms. The summed E-state index contributed by atoms with van der Waals surface area (Å²) in [5.41, 5.74) is 2.71. The number of amides is 1. The van der Waals surface area contributed by atoms with Crippen molar-refractivity contribution in [2.24, 2.45) is 0 Å². The highest BCUT2D eigenvalue weighted by Gasteiger charge is 2.25. The molecule has 1 fully saturated rings. The number of ether oxygens (including phenoxy) is 2. The van der Waals surface area contributed by atoms with E-state index in [4.69, 9.17) is 14.0 Å². The summed E-state index contributed by atoms with van der Waals surface area (Å²) in [6.07, 6.45) is 0. The molecule has 0 N–H and O–H groups in total. The van der Waals surface area contributed by atoms with Gasteiger partial charge in [-0.05, 0) is 19.1 Å². The first-order valence-corrected chi connectivity index (χ1v) is 10.8. The van der Waals surface area contributed by atoms with Crippen LogP contribution >= 0.6 is 0 Å². The predicted octanol–water partition coefficient (Wildman–Crippen LogP) is 3.03. The molecule has 4 rings (SSSR count). The molecule has 2 aromatic carbocycles. The summed E-state index contributed by atoms with van der Waals surface area (Å²) in [7, 11) is 1.62. The second-order valence-electron chi connectivity index (χ2n) is 7.78. The van der Waals surface area contributed by atoms with Gasteiger partial charge in [0.05, 0.1) is 18.7 Å². The normalized spacial score (nSPS) is 14.5. The van der Waals surface area contributed by atoms with Crippen molar-refractivity contribution in [3.63, 3.8) is 0 Å². The highest BCUT2D eigenvalue weighted by Crippen LogP contribution is 2.21. The van der Waals surface area contributed by atoms with E-state index >= 15 is 0 Å². The molecule has 0 spiro atoms. The van der Waals surface area contributed by atoms with Crippen LogP contribution in [0.5, 0.6) is 5.75 Å². The van der Waals surface area contributed by atoms with Gasteiger partial charge >= 0.3 is 0 Å². The molecule has 168 valence electrons. The molecule has 1 aromatic heterocycles. The minimum Gasteiger partial charge on any atom is -0.490 e. The fourth-order valence-corrected chi connectivity index (χ4v) is 3.61. The van der Waals surface area contributed by atoms with Gasteiger partial charge in [0, 0.05) is 38.9 Å². The maximum Gasteiger partial charge on any atom is 0.257 e. The molecule has 1 amide bonds. The molecule has 0 bridgehead atoms. The van der Waals surface area contributed by atoms with Crippen LogP contribution in [0.3, 0.4) is 0 Å². The van der Waals surface area contributed by atoms with Crippen molar-refractivity contribution >= 4 is 5.91 Å². The maximum atomic E-state index is 13.1. The maximum absolute atomic E-state index is 13.1. The third kappa shape index (κ3) is 5.33. The van der Waals surface area contributed by atoms with Gasteiger partial charge in [0.15, 0.2) is 0 Å². The van der Waals surface area contributed by atoms with E-state index in [0.29, 0.717) is 55.9 Å². The zero-order chi connectivity index (χ0) is 22.3. The first kappa shape index (κ1) is 22.0. The van der Waals surface area contributed by atoms with Crippen molar-refractivity contribution in [1.29, 1.82) is 0 Å². The van der Waals surface area contributed by atoms with Gasteiger partial charge < -0.3 is 18.9 Å². The Morgan fingerprint density at radius 3 is 2.53 bits per heavy atom. The lowest BCUT2D eigenvalue weighted by atomic mass is 10.1. The van der Waals surface area contributed by atoms with Crippen molar-refractivity contribution in [1.82, 2.24) is 19.9 Å². The van der Waals surface area contributed by atoms with E-state index in [0.717, 1.165) is 18.7 Å². The van der Waals surface area contributed by atoms with E-state index in [1.54, 1.807) is 7.11 Å². The highest BCUT2D eigenvalue weighted by molar-refractivity contribution is 5.97. The molecule has 0 aliphatic carbocycles. The van der Waals surface area contributed by atoms with Gasteiger partial charge in [-0.15, -0.1) is 0 Å². The standard InChI is InChI=1S/C24H28N4O4/c1-18-7-9-19(10-8-18)23-25-22(32-26-23)17-27-11-13-28(14-12-27)24(29)20-5-3-4-6-21(20)31-16-15-30-2/h3-10H,11-17H2,1-2H3. The van der Waals surface area contributed by atoms with Crippen LogP contribution in [0.2, 0.25) is 0 Å². The van der Waals surface area contributed by atoms with E-state index in [9.17, 15) is 4.79 Å². The Morgan fingerprint density at radius 1 is 1.03 bits per heavy atom. The number of methoxy groups -OCH3 is 1. The van der Waals surface area contributed by atoms with E-state index in [1.807, 2.05) is 60.4 Å². The molecule has 32 heavy (non-hydrogen) atoms. The number of carbonyl (C=O) groups excluding carboxylic acids is 1. The van der Waals surface area contributed by atoms with Gasteiger partial charge in [0.2, 0.25) is 11.7 Å². The van der Waals surface area contributed by atoms with Gasteiger partial charge in [-0.3, -0.25) is 9.69 Å². The Labute approximate surface area is 187 Å². The van der Waals surface area contributed by atoms with Gasteiger partial charge in [-0.1, -0.05) is 47.1 Å². The average Bonchev–Trinajstić information content (AvgIpc) is 3.28. The Bertz CT molecular complexity index is 1030. The Kier molecular flexibility index (Phi) is 7.14.